The molecular formula is C15H23N3O3. The van der Waals surface area contributed by atoms with Gasteiger partial charge in [-0.2, -0.15) is 0 Å². The lowest BCUT2D eigenvalue weighted by Gasteiger charge is -2.32. The first kappa shape index (κ1) is 15.9. The third-order valence-corrected chi connectivity index (χ3v) is 3.80. The molecule has 116 valence electrons. The number of benzene rings is 1. The van der Waals surface area contributed by atoms with Gasteiger partial charge in [0.1, 0.15) is 0 Å². The van der Waals surface area contributed by atoms with Crippen LogP contribution in [0.15, 0.2) is 24.3 Å². The van der Waals surface area contributed by atoms with Gasteiger partial charge in [0.15, 0.2) is 0 Å². The van der Waals surface area contributed by atoms with E-state index in [2.05, 4.69) is 17.1 Å². The molecule has 1 heterocycles. The molecule has 0 radical (unpaired) electrons. The summed E-state index contributed by atoms with van der Waals surface area (Å²) >= 11 is 0. The maximum absolute atomic E-state index is 10.9. The zero-order valence-corrected chi connectivity index (χ0v) is 12.5. The second-order valence-corrected chi connectivity index (χ2v) is 5.23. The van der Waals surface area contributed by atoms with Crippen LogP contribution in [-0.2, 0) is 11.2 Å². The first-order chi connectivity index (χ1) is 10.2. The fourth-order valence-electron chi connectivity index (χ4n) is 2.58. The van der Waals surface area contributed by atoms with Crippen molar-refractivity contribution in [1.82, 2.24) is 10.2 Å². The van der Waals surface area contributed by atoms with Crippen molar-refractivity contribution in [3.8, 4) is 0 Å². The Morgan fingerprint density at radius 1 is 1.48 bits per heavy atom. The molecule has 0 aromatic heterocycles. The fraction of sp³-hybridized carbons (Fsp3) is 0.600. The number of likely N-dealkylation sites (N-methyl/N-ethyl adjacent to an activating group) is 1. The lowest BCUT2D eigenvalue weighted by Crippen LogP contribution is -2.46. The van der Waals surface area contributed by atoms with Crippen molar-refractivity contribution < 1.29 is 9.66 Å². The maximum Gasteiger partial charge on any atom is 0.272 e. The molecule has 1 saturated heterocycles. The van der Waals surface area contributed by atoms with Crippen LogP contribution in [0.4, 0.5) is 5.69 Å². The molecule has 1 aliphatic heterocycles. The van der Waals surface area contributed by atoms with E-state index >= 15 is 0 Å². The summed E-state index contributed by atoms with van der Waals surface area (Å²) in [6, 6.07) is 6.91. The van der Waals surface area contributed by atoms with E-state index < -0.39 is 0 Å². The summed E-state index contributed by atoms with van der Waals surface area (Å²) in [6.07, 6.45) is 0.867. The number of rotatable bonds is 7. The Balaban J connectivity index is 1.74. The summed E-state index contributed by atoms with van der Waals surface area (Å²) in [5.41, 5.74) is 0.972. The number of nitrogens with zero attached hydrogens (tertiary/aromatic N) is 2. The normalized spacial score (nSPS) is 19.6. The van der Waals surface area contributed by atoms with Crippen LogP contribution in [0.25, 0.3) is 0 Å². The predicted octanol–water partition coefficient (Wildman–Crippen LogP) is 1.45. The topological polar surface area (TPSA) is 67.6 Å². The molecule has 0 bridgehead atoms. The molecule has 1 aliphatic rings. The molecule has 0 spiro atoms. The minimum absolute atomic E-state index is 0.199. The Kier molecular flexibility index (Phi) is 6.10. The number of hydrogen-bond donors (Lipinski definition) is 1. The highest BCUT2D eigenvalue weighted by Crippen LogP contribution is 2.17. The van der Waals surface area contributed by atoms with E-state index in [0.29, 0.717) is 6.42 Å². The maximum atomic E-state index is 10.9. The molecule has 21 heavy (non-hydrogen) atoms. The van der Waals surface area contributed by atoms with Crippen LogP contribution >= 0.6 is 0 Å². The fourth-order valence-corrected chi connectivity index (χ4v) is 2.58. The van der Waals surface area contributed by atoms with Crippen molar-refractivity contribution in [2.45, 2.75) is 19.4 Å². The molecule has 2 rings (SSSR count). The van der Waals surface area contributed by atoms with E-state index in [0.717, 1.165) is 44.9 Å². The zero-order valence-electron chi connectivity index (χ0n) is 12.5. The number of nitrogens with one attached hydrogen (secondary N) is 1. The van der Waals surface area contributed by atoms with E-state index in [4.69, 9.17) is 4.74 Å². The van der Waals surface area contributed by atoms with Crippen LogP contribution in [0.3, 0.4) is 0 Å². The minimum atomic E-state index is -0.321. The summed E-state index contributed by atoms with van der Waals surface area (Å²) in [4.78, 5) is 13.0. The second kappa shape index (κ2) is 8.07. The highest BCUT2D eigenvalue weighted by molar-refractivity contribution is 5.39. The van der Waals surface area contributed by atoms with Gasteiger partial charge in [0.25, 0.3) is 5.69 Å². The highest BCUT2D eigenvalue weighted by atomic mass is 16.6. The molecule has 1 aromatic carbocycles. The van der Waals surface area contributed by atoms with Crippen molar-refractivity contribution >= 4 is 5.69 Å². The molecule has 1 unspecified atom stereocenters. The summed E-state index contributed by atoms with van der Waals surface area (Å²) in [5.74, 6) is 0. The molecule has 0 amide bonds. The first-order valence-corrected chi connectivity index (χ1v) is 7.47. The summed E-state index contributed by atoms with van der Waals surface area (Å²) in [5, 5.41) is 14.3. The van der Waals surface area contributed by atoms with E-state index in [1.165, 1.54) is 0 Å². The van der Waals surface area contributed by atoms with Crippen molar-refractivity contribution in [3.63, 3.8) is 0 Å². The average molecular weight is 293 g/mol. The SMILES string of the molecule is CCN1CCOC(CNCCc2ccccc2[N+](=O)[O-])C1. The summed E-state index contributed by atoms with van der Waals surface area (Å²) < 4.78 is 5.71. The lowest BCUT2D eigenvalue weighted by molar-refractivity contribution is -0.385. The highest BCUT2D eigenvalue weighted by Gasteiger charge is 2.18. The Bertz CT molecular complexity index is 467. The van der Waals surface area contributed by atoms with Gasteiger partial charge < -0.3 is 10.1 Å². The number of nitro benzene ring substituents is 1. The summed E-state index contributed by atoms with van der Waals surface area (Å²) in [6.45, 7) is 7.46. The van der Waals surface area contributed by atoms with E-state index in [-0.39, 0.29) is 16.7 Å². The second-order valence-electron chi connectivity index (χ2n) is 5.23. The number of nitro groups is 1. The van der Waals surface area contributed by atoms with Crippen molar-refractivity contribution in [2.24, 2.45) is 0 Å². The van der Waals surface area contributed by atoms with Crippen molar-refractivity contribution in [2.75, 3.05) is 39.3 Å². The van der Waals surface area contributed by atoms with Gasteiger partial charge in [-0.05, 0) is 19.5 Å². The smallest absolute Gasteiger partial charge is 0.272 e. The molecule has 0 aliphatic carbocycles. The largest absolute Gasteiger partial charge is 0.374 e. The molecule has 1 N–H and O–H groups in total. The molecule has 1 fully saturated rings. The third kappa shape index (κ3) is 4.77. The molecule has 0 saturated carbocycles. The van der Waals surface area contributed by atoms with Crippen LogP contribution in [0.1, 0.15) is 12.5 Å². The standard InChI is InChI=1S/C15H23N3O3/c1-2-17-9-10-21-14(12-17)11-16-8-7-13-5-3-4-6-15(13)18(19)20/h3-6,14,16H,2,7-12H2,1H3. The van der Waals surface area contributed by atoms with Gasteiger partial charge in [-0.15, -0.1) is 0 Å². The average Bonchev–Trinajstić information content (AvgIpc) is 2.52. The number of morpholine rings is 1. The molecule has 1 aromatic rings. The monoisotopic (exact) mass is 293 g/mol. The van der Waals surface area contributed by atoms with Gasteiger partial charge in [-0.25, -0.2) is 0 Å². The molecule has 1 atom stereocenters. The van der Waals surface area contributed by atoms with Crippen molar-refractivity contribution in [3.05, 3.63) is 39.9 Å². The lowest BCUT2D eigenvalue weighted by atomic mass is 10.1. The molecular weight excluding hydrogens is 270 g/mol. The van der Waals surface area contributed by atoms with Crippen LogP contribution in [0, 0.1) is 10.1 Å². The Labute approximate surface area is 125 Å². The van der Waals surface area contributed by atoms with Crippen LogP contribution in [0.5, 0.6) is 0 Å². The van der Waals surface area contributed by atoms with Crippen LogP contribution in [-0.4, -0.2) is 55.3 Å². The van der Waals surface area contributed by atoms with Crippen LogP contribution in [0.2, 0.25) is 0 Å². The third-order valence-electron chi connectivity index (χ3n) is 3.80. The van der Waals surface area contributed by atoms with Gasteiger partial charge in [0.05, 0.1) is 17.6 Å². The quantitative estimate of drug-likeness (QED) is 0.468. The Hall–Kier alpha value is -1.50. The Morgan fingerprint density at radius 2 is 2.29 bits per heavy atom. The van der Waals surface area contributed by atoms with Gasteiger partial charge >= 0.3 is 0 Å². The zero-order chi connectivity index (χ0) is 15.1. The van der Waals surface area contributed by atoms with E-state index in [1.807, 2.05) is 12.1 Å². The number of hydrogen-bond acceptors (Lipinski definition) is 5. The van der Waals surface area contributed by atoms with Gasteiger partial charge in [0, 0.05) is 31.3 Å². The predicted molar refractivity (Wildman–Crippen MR) is 81.5 cm³/mol. The van der Waals surface area contributed by atoms with Gasteiger partial charge in [0.2, 0.25) is 0 Å². The first-order valence-electron chi connectivity index (χ1n) is 7.47. The molecule has 6 heteroatoms. The van der Waals surface area contributed by atoms with E-state index in [1.54, 1.807) is 12.1 Å². The Morgan fingerprint density at radius 3 is 3.05 bits per heavy atom. The molecule has 6 nitrogen and oxygen atoms in total. The number of para-hydroxylation sites is 1. The number of ether oxygens (including phenoxy) is 1. The van der Waals surface area contributed by atoms with Gasteiger partial charge in [-0.1, -0.05) is 25.1 Å². The van der Waals surface area contributed by atoms with E-state index in [9.17, 15) is 10.1 Å². The minimum Gasteiger partial charge on any atom is -0.374 e. The van der Waals surface area contributed by atoms with Gasteiger partial charge in [-0.3, -0.25) is 15.0 Å². The summed E-state index contributed by atoms with van der Waals surface area (Å²) in [7, 11) is 0. The van der Waals surface area contributed by atoms with Crippen LogP contribution < -0.4 is 5.32 Å². The van der Waals surface area contributed by atoms with Crippen molar-refractivity contribution in [1.29, 1.82) is 0 Å².